The average molecular weight is 184 g/mol. The Balaban J connectivity index is 2.21. The smallest absolute Gasteiger partial charge is 0.311 e. The summed E-state index contributed by atoms with van der Waals surface area (Å²) in [5, 5.41) is 9.69. The normalized spacial score (nSPS) is 48.1. The van der Waals surface area contributed by atoms with Gasteiger partial charge in [0.05, 0.1) is 18.6 Å². The van der Waals surface area contributed by atoms with E-state index < -0.39 is 5.41 Å². The van der Waals surface area contributed by atoms with E-state index in [4.69, 9.17) is 4.74 Å². The zero-order chi connectivity index (χ0) is 9.64. The fourth-order valence-corrected chi connectivity index (χ4v) is 3.19. The van der Waals surface area contributed by atoms with Crippen molar-refractivity contribution in [1.82, 2.24) is 0 Å². The zero-order valence-corrected chi connectivity index (χ0v) is 8.12. The number of carbonyl (C=O) groups is 1. The number of aliphatic hydroxyl groups is 1. The Bertz CT molecular complexity index is 238. The fourth-order valence-electron chi connectivity index (χ4n) is 3.19. The summed E-state index contributed by atoms with van der Waals surface area (Å²) in [5.41, 5.74) is -0.420. The Hall–Kier alpha value is -0.570. The third-order valence-electron chi connectivity index (χ3n) is 3.81. The van der Waals surface area contributed by atoms with Crippen molar-refractivity contribution in [1.29, 1.82) is 0 Å². The number of methoxy groups -OCH3 is 1. The zero-order valence-electron chi connectivity index (χ0n) is 8.12. The third-order valence-corrected chi connectivity index (χ3v) is 3.81. The minimum Gasteiger partial charge on any atom is -0.469 e. The SMILES string of the molecule is COC(=O)[C@]1(C)C[C@@H]2C[C@@H]1[C@@H](O)C2. The van der Waals surface area contributed by atoms with Crippen LogP contribution in [0.2, 0.25) is 0 Å². The molecule has 2 bridgehead atoms. The Morgan fingerprint density at radius 3 is 2.69 bits per heavy atom. The highest BCUT2D eigenvalue weighted by atomic mass is 16.5. The largest absolute Gasteiger partial charge is 0.469 e. The van der Waals surface area contributed by atoms with Crippen LogP contribution in [0.15, 0.2) is 0 Å². The van der Waals surface area contributed by atoms with Crippen molar-refractivity contribution in [2.45, 2.75) is 32.3 Å². The predicted octanol–water partition coefficient (Wildman–Crippen LogP) is 0.956. The van der Waals surface area contributed by atoms with Gasteiger partial charge in [0.15, 0.2) is 0 Å². The van der Waals surface area contributed by atoms with Gasteiger partial charge in [0.1, 0.15) is 0 Å². The first-order valence-electron chi connectivity index (χ1n) is 4.84. The van der Waals surface area contributed by atoms with Crippen LogP contribution in [0.5, 0.6) is 0 Å². The maximum Gasteiger partial charge on any atom is 0.311 e. The number of hydrogen-bond acceptors (Lipinski definition) is 3. The molecule has 2 aliphatic rings. The Morgan fingerprint density at radius 2 is 2.23 bits per heavy atom. The number of ether oxygens (including phenoxy) is 1. The van der Waals surface area contributed by atoms with Crippen molar-refractivity contribution in [2.75, 3.05) is 7.11 Å². The van der Waals surface area contributed by atoms with Crippen LogP contribution in [-0.2, 0) is 9.53 Å². The van der Waals surface area contributed by atoms with Crippen LogP contribution in [0, 0.1) is 17.3 Å². The highest BCUT2D eigenvalue weighted by Crippen LogP contribution is 2.56. The van der Waals surface area contributed by atoms with E-state index in [-0.39, 0.29) is 18.0 Å². The van der Waals surface area contributed by atoms with Gasteiger partial charge in [-0.25, -0.2) is 0 Å². The lowest BCUT2D eigenvalue weighted by atomic mass is 9.73. The molecule has 0 spiro atoms. The summed E-state index contributed by atoms with van der Waals surface area (Å²) >= 11 is 0. The number of hydrogen-bond donors (Lipinski definition) is 1. The first-order valence-corrected chi connectivity index (χ1v) is 4.84. The van der Waals surface area contributed by atoms with E-state index in [1.54, 1.807) is 0 Å². The van der Waals surface area contributed by atoms with Crippen molar-refractivity contribution in [2.24, 2.45) is 17.3 Å². The van der Waals surface area contributed by atoms with Crippen molar-refractivity contribution in [3.63, 3.8) is 0 Å². The molecular formula is C10H16O3. The van der Waals surface area contributed by atoms with Crippen LogP contribution in [0.1, 0.15) is 26.2 Å². The summed E-state index contributed by atoms with van der Waals surface area (Å²) in [6.07, 6.45) is 2.47. The minimum absolute atomic E-state index is 0.130. The second-order valence-corrected chi connectivity index (χ2v) is 4.62. The summed E-state index contributed by atoms with van der Waals surface area (Å²) in [6, 6.07) is 0. The van der Waals surface area contributed by atoms with E-state index in [0.717, 1.165) is 19.3 Å². The minimum atomic E-state index is -0.420. The van der Waals surface area contributed by atoms with Crippen LogP contribution >= 0.6 is 0 Å². The monoisotopic (exact) mass is 184 g/mol. The number of esters is 1. The summed E-state index contributed by atoms with van der Waals surface area (Å²) in [7, 11) is 1.42. The molecular weight excluding hydrogens is 168 g/mol. The van der Waals surface area contributed by atoms with E-state index >= 15 is 0 Å². The molecule has 2 aliphatic carbocycles. The van der Waals surface area contributed by atoms with E-state index in [1.807, 2.05) is 6.92 Å². The number of aliphatic hydroxyl groups excluding tert-OH is 1. The molecule has 3 heteroatoms. The average Bonchev–Trinajstić information content (AvgIpc) is 2.59. The van der Waals surface area contributed by atoms with Crippen molar-refractivity contribution in [3.8, 4) is 0 Å². The van der Waals surface area contributed by atoms with Crippen molar-refractivity contribution >= 4 is 5.97 Å². The molecule has 0 heterocycles. The highest BCUT2D eigenvalue weighted by molar-refractivity contribution is 5.77. The van der Waals surface area contributed by atoms with Gasteiger partial charge in [-0.05, 0) is 32.1 Å². The second-order valence-electron chi connectivity index (χ2n) is 4.62. The molecule has 0 aromatic heterocycles. The van der Waals surface area contributed by atoms with E-state index in [2.05, 4.69) is 0 Å². The lowest BCUT2D eigenvalue weighted by Gasteiger charge is -2.33. The van der Waals surface area contributed by atoms with Gasteiger partial charge in [0.25, 0.3) is 0 Å². The molecule has 13 heavy (non-hydrogen) atoms. The molecule has 4 atom stereocenters. The van der Waals surface area contributed by atoms with Crippen LogP contribution in [0.3, 0.4) is 0 Å². The van der Waals surface area contributed by atoms with Crippen molar-refractivity contribution in [3.05, 3.63) is 0 Å². The van der Waals surface area contributed by atoms with E-state index in [9.17, 15) is 9.90 Å². The standard InChI is InChI=1S/C10H16O3/c1-10(9(12)13-2)5-6-3-7(10)8(11)4-6/h6-8,11H,3-5H2,1-2H3/t6-,7-,8+,10-/m1/s1. The summed E-state index contributed by atoms with van der Waals surface area (Å²) in [4.78, 5) is 11.5. The van der Waals surface area contributed by atoms with Crippen LogP contribution in [0.4, 0.5) is 0 Å². The molecule has 74 valence electrons. The van der Waals surface area contributed by atoms with Gasteiger partial charge in [-0.3, -0.25) is 4.79 Å². The lowest BCUT2D eigenvalue weighted by molar-refractivity contribution is -0.158. The van der Waals surface area contributed by atoms with Gasteiger partial charge in [0, 0.05) is 5.92 Å². The fraction of sp³-hybridized carbons (Fsp3) is 0.900. The van der Waals surface area contributed by atoms with E-state index in [1.165, 1.54) is 7.11 Å². The second kappa shape index (κ2) is 2.71. The predicted molar refractivity (Wildman–Crippen MR) is 47.0 cm³/mol. The maximum atomic E-state index is 11.5. The molecule has 0 aromatic carbocycles. The van der Waals surface area contributed by atoms with Gasteiger partial charge < -0.3 is 9.84 Å². The van der Waals surface area contributed by atoms with Gasteiger partial charge in [-0.15, -0.1) is 0 Å². The van der Waals surface area contributed by atoms with Gasteiger partial charge >= 0.3 is 5.97 Å². The first-order chi connectivity index (χ1) is 6.08. The van der Waals surface area contributed by atoms with E-state index in [0.29, 0.717) is 5.92 Å². The molecule has 0 aromatic rings. The maximum absolute atomic E-state index is 11.5. The molecule has 2 fully saturated rings. The number of carbonyl (C=O) groups excluding carboxylic acids is 1. The molecule has 0 amide bonds. The molecule has 3 nitrogen and oxygen atoms in total. The topological polar surface area (TPSA) is 46.5 Å². The number of rotatable bonds is 1. The Kier molecular flexibility index (Phi) is 1.88. The highest BCUT2D eigenvalue weighted by Gasteiger charge is 2.57. The quantitative estimate of drug-likeness (QED) is 0.617. The molecule has 1 N–H and O–H groups in total. The molecule has 0 aliphatic heterocycles. The molecule has 2 saturated carbocycles. The van der Waals surface area contributed by atoms with Crippen LogP contribution in [-0.4, -0.2) is 24.3 Å². The summed E-state index contributed by atoms with van der Waals surface area (Å²) in [5.74, 6) is 0.507. The van der Waals surface area contributed by atoms with Crippen molar-refractivity contribution < 1.29 is 14.6 Å². The van der Waals surface area contributed by atoms with Gasteiger partial charge in [-0.1, -0.05) is 0 Å². The summed E-state index contributed by atoms with van der Waals surface area (Å²) < 4.78 is 4.79. The molecule has 2 rings (SSSR count). The third kappa shape index (κ3) is 1.10. The van der Waals surface area contributed by atoms with Gasteiger partial charge in [0.2, 0.25) is 0 Å². The lowest BCUT2D eigenvalue weighted by Crippen LogP contribution is -2.40. The summed E-state index contributed by atoms with van der Waals surface area (Å²) in [6.45, 7) is 1.92. The molecule has 0 radical (unpaired) electrons. The Morgan fingerprint density at radius 1 is 1.54 bits per heavy atom. The van der Waals surface area contributed by atoms with Gasteiger partial charge in [-0.2, -0.15) is 0 Å². The number of fused-ring (bicyclic) bond motifs is 2. The molecule has 0 unspecified atom stereocenters. The molecule has 0 saturated heterocycles. The Labute approximate surface area is 78.1 Å². The van der Waals surface area contributed by atoms with Crippen LogP contribution in [0.25, 0.3) is 0 Å². The van der Waals surface area contributed by atoms with Crippen LogP contribution < -0.4 is 0 Å². The first kappa shape index (κ1) is 9.00.